The Bertz CT molecular complexity index is 293. The van der Waals surface area contributed by atoms with E-state index < -0.39 is 18.1 Å². The fourth-order valence-corrected chi connectivity index (χ4v) is 1.93. The zero-order chi connectivity index (χ0) is 13.0. The molecule has 6 heteroatoms. The van der Waals surface area contributed by atoms with Gasteiger partial charge in [-0.2, -0.15) is 0 Å². The molecule has 0 unspecified atom stereocenters. The zero-order valence-electron chi connectivity index (χ0n) is 10.2. The summed E-state index contributed by atoms with van der Waals surface area (Å²) in [6, 6.07) is -0.584. The molecule has 1 aliphatic heterocycles. The molecule has 1 amide bonds. The van der Waals surface area contributed by atoms with Crippen LogP contribution in [-0.4, -0.2) is 58.3 Å². The number of nitrogens with zero attached hydrogens (tertiary/aromatic N) is 1. The third kappa shape index (κ3) is 3.98. The van der Waals surface area contributed by atoms with Crippen LogP contribution in [0.3, 0.4) is 0 Å². The van der Waals surface area contributed by atoms with Gasteiger partial charge in [-0.15, -0.1) is 0 Å². The molecule has 0 bridgehead atoms. The molecule has 1 heterocycles. The highest BCUT2D eigenvalue weighted by molar-refractivity contribution is 5.84. The Kier molecular flexibility index (Phi) is 4.89. The molecular weight excluding hydrogens is 224 g/mol. The summed E-state index contributed by atoms with van der Waals surface area (Å²) < 4.78 is 0. The zero-order valence-corrected chi connectivity index (χ0v) is 10.2. The van der Waals surface area contributed by atoms with Crippen molar-refractivity contribution < 1.29 is 19.8 Å². The number of hydrogen-bond donors (Lipinski definition) is 3. The summed E-state index contributed by atoms with van der Waals surface area (Å²) in [5.74, 6) is -1.27. The lowest BCUT2D eigenvalue weighted by Gasteiger charge is -2.21. The van der Waals surface area contributed by atoms with Crippen molar-refractivity contribution in [3.05, 3.63) is 0 Å². The van der Waals surface area contributed by atoms with Crippen LogP contribution in [0.2, 0.25) is 0 Å². The van der Waals surface area contributed by atoms with Gasteiger partial charge in [0.1, 0.15) is 6.04 Å². The van der Waals surface area contributed by atoms with Crippen LogP contribution < -0.4 is 5.32 Å². The predicted molar refractivity (Wildman–Crippen MR) is 61.5 cm³/mol. The maximum atomic E-state index is 11.8. The Morgan fingerprint density at radius 1 is 1.47 bits per heavy atom. The topological polar surface area (TPSA) is 89.9 Å². The number of amides is 1. The van der Waals surface area contributed by atoms with Crippen molar-refractivity contribution in [3.8, 4) is 0 Å². The fourth-order valence-electron chi connectivity index (χ4n) is 1.93. The smallest absolute Gasteiger partial charge is 0.326 e. The number of carboxylic acids is 1. The van der Waals surface area contributed by atoms with Crippen molar-refractivity contribution in [2.24, 2.45) is 0 Å². The van der Waals surface area contributed by atoms with Crippen molar-refractivity contribution in [1.29, 1.82) is 0 Å². The molecule has 0 saturated carbocycles. The number of aliphatic hydroxyl groups excluding tert-OH is 1. The number of carbonyl (C=O) groups excluding carboxylic acids is 1. The molecule has 17 heavy (non-hydrogen) atoms. The molecule has 0 radical (unpaired) electrons. The summed E-state index contributed by atoms with van der Waals surface area (Å²) in [5, 5.41) is 21.4. The second-order valence-corrected chi connectivity index (χ2v) is 4.65. The standard InChI is InChI=1S/C11H20N2O4/c1-7(2)12-4-3-10(15)13-6-8(14)5-9(13)11(16)17/h7-9,12,14H,3-6H2,1-2H3,(H,16,17)/t8-,9-/m0/s1. The Hall–Kier alpha value is -1.14. The third-order valence-corrected chi connectivity index (χ3v) is 2.78. The van der Waals surface area contributed by atoms with E-state index in [1.165, 1.54) is 4.90 Å². The Balaban J connectivity index is 2.47. The molecule has 3 N–H and O–H groups in total. The average molecular weight is 244 g/mol. The van der Waals surface area contributed by atoms with Crippen molar-refractivity contribution in [1.82, 2.24) is 10.2 Å². The number of likely N-dealkylation sites (tertiary alicyclic amines) is 1. The highest BCUT2D eigenvalue weighted by atomic mass is 16.4. The fraction of sp³-hybridized carbons (Fsp3) is 0.818. The predicted octanol–water partition coefficient (Wildman–Crippen LogP) is -0.579. The van der Waals surface area contributed by atoms with Crippen LogP contribution in [0.4, 0.5) is 0 Å². The van der Waals surface area contributed by atoms with E-state index >= 15 is 0 Å². The molecular formula is C11H20N2O4. The summed E-state index contributed by atoms with van der Waals surface area (Å²) in [6.45, 7) is 4.60. The lowest BCUT2D eigenvalue weighted by molar-refractivity contribution is -0.148. The van der Waals surface area contributed by atoms with Gasteiger partial charge in [-0.3, -0.25) is 4.79 Å². The van der Waals surface area contributed by atoms with Crippen LogP contribution in [0.25, 0.3) is 0 Å². The van der Waals surface area contributed by atoms with E-state index in [1.807, 2.05) is 13.8 Å². The highest BCUT2D eigenvalue weighted by Gasteiger charge is 2.38. The summed E-state index contributed by atoms with van der Waals surface area (Å²) in [4.78, 5) is 24.0. The van der Waals surface area contributed by atoms with Crippen LogP contribution in [0.5, 0.6) is 0 Å². The van der Waals surface area contributed by atoms with Gasteiger partial charge in [0, 0.05) is 32.0 Å². The van der Waals surface area contributed by atoms with Crippen molar-refractivity contribution in [3.63, 3.8) is 0 Å². The van der Waals surface area contributed by atoms with E-state index in [2.05, 4.69) is 5.32 Å². The van der Waals surface area contributed by atoms with E-state index in [4.69, 9.17) is 5.11 Å². The molecule has 1 aliphatic rings. The minimum atomic E-state index is -1.05. The summed E-state index contributed by atoms with van der Waals surface area (Å²) in [5.41, 5.74) is 0. The number of carboxylic acid groups (broad SMARTS) is 1. The number of hydrogen-bond acceptors (Lipinski definition) is 4. The average Bonchev–Trinajstić information content (AvgIpc) is 2.59. The number of nitrogens with one attached hydrogen (secondary N) is 1. The SMILES string of the molecule is CC(C)NCCC(=O)N1C[C@@H](O)C[C@H]1C(=O)O. The van der Waals surface area contributed by atoms with E-state index in [0.29, 0.717) is 12.6 Å². The van der Waals surface area contributed by atoms with Gasteiger partial charge in [-0.05, 0) is 0 Å². The molecule has 1 fully saturated rings. The van der Waals surface area contributed by atoms with Gasteiger partial charge >= 0.3 is 5.97 Å². The largest absolute Gasteiger partial charge is 0.480 e. The number of β-amino-alcohol motifs (C(OH)–C–C–N with tert-alkyl or cyclic N) is 1. The summed E-state index contributed by atoms with van der Waals surface area (Å²) in [6.07, 6.45) is -0.342. The van der Waals surface area contributed by atoms with Gasteiger partial charge in [0.25, 0.3) is 0 Å². The number of aliphatic hydroxyl groups is 1. The summed E-state index contributed by atoms with van der Waals surface area (Å²) in [7, 11) is 0. The molecule has 1 rings (SSSR count). The third-order valence-electron chi connectivity index (χ3n) is 2.78. The van der Waals surface area contributed by atoms with E-state index in [1.54, 1.807) is 0 Å². The van der Waals surface area contributed by atoms with Crippen molar-refractivity contribution in [2.45, 2.75) is 44.9 Å². The van der Waals surface area contributed by atoms with Gasteiger partial charge < -0.3 is 20.4 Å². The van der Waals surface area contributed by atoms with Crippen LogP contribution >= 0.6 is 0 Å². The van der Waals surface area contributed by atoms with E-state index in [0.717, 1.165) is 0 Å². The Morgan fingerprint density at radius 2 is 2.12 bits per heavy atom. The molecule has 0 aromatic rings. The molecule has 6 nitrogen and oxygen atoms in total. The maximum absolute atomic E-state index is 11.8. The van der Waals surface area contributed by atoms with Crippen molar-refractivity contribution in [2.75, 3.05) is 13.1 Å². The molecule has 2 atom stereocenters. The number of rotatable bonds is 5. The molecule has 98 valence electrons. The van der Waals surface area contributed by atoms with Crippen LogP contribution in [0.1, 0.15) is 26.7 Å². The first-order chi connectivity index (χ1) is 7.91. The first-order valence-corrected chi connectivity index (χ1v) is 5.85. The van der Waals surface area contributed by atoms with Gasteiger partial charge in [-0.1, -0.05) is 13.8 Å². The van der Waals surface area contributed by atoms with Crippen LogP contribution in [0.15, 0.2) is 0 Å². The summed E-state index contributed by atoms with van der Waals surface area (Å²) >= 11 is 0. The van der Waals surface area contributed by atoms with E-state index in [-0.39, 0.29) is 25.3 Å². The van der Waals surface area contributed by atoms with Gasteiger partial charge in [0.2, 0.25) is 5.91 Å². The van der Waals surface area contributed by atoms with Crippen molar-refractivity contribution >= 4 is 11.9 Å². The number of carbonyl (C=O) groups is 2. The van der Waals surface area contributed by atoms with E-state index in [9.17, 15) is 14.7 Å². The molecule has 1 saturated heterocycles. The normalized spacial score (nSPS) is 24.4. The van der Waals surface area contributed by atoms with Gasteiger partial charge in [0.05, 0.1) is 6.10 Å². The Morgan fingerprint density at radius 3 is 2.65 bits per heavy atom. The lowest BCUT2D eigenvalue weighted by atomic mass is 10.2. The second kappa shape index (κ2) is 5.97. The monoisotopic (exact) mass is 244 g/mol. The quantitative estimate of drug-likeness (QED) is 0.602. The van der Waals surface area contributed by atoms with Crippen LogP contribution in [0, 0.1) is 0 Å². The first kappa shape index (κ1) is 13.9. The minimum Gasteiger partial charge on any atom is -0.480 e. The molecule has 0 aromatic heterocycles. The molecule has 0 spiro atoms. The van der Waals surface area contributed by atoms with Gasteiger partial charge in [0.15, 0.2) is 0 Å². The lowest BCUT2D eigenvalue weighted by Crippen LogP contribution is -2.41. The number of aliphatic carboxylic acids is 1. The first-order valence-electron chi connectivity index (χ1n) is 5.85. The highest BCUT2D eigenvalue weighted by Crippen LogP contribution is 2.18. The Labute approximate surface area is 101 Å². The maximum Gasteiger partial charge on any atom is 0.326 e. The van der Waals surface area contributed by atoms with Gasteiger partial charge in [-0.25, -0.2) is 4.79 Å². The molecule has 0 aliphatic carbocycles. The molecule has 0 aromatic carbocycles. The second-order valence-electron chi connectivity index (χ2n) is 4.65. The van der Waals surface area contributed by atoms with Crippen LogP contribution in [-0.2, 0) is 9.59 Å². The minimum absolute atomic E-state index is 0.122.